The van der Waals surface area contributed by atoms with E-state index in [0.29, 0.717) is 0 Å². The molecule has 1 rings (SSSR count). The minimum Gasteiger partial charge on any atom is -0.508 e. The highest BCUT2D eigenvalue weighted by molar-refractivity contribution is 5.85. The maximum atomic E-state index is 13.9. The molecule has 0 aliphatic rings. The first-order valence-corrected chi connectivity index (χ1v) is 7.10. The maximum Gasteiger partial charge on any atom is 0.342 e. The van der Waals surface area contributed by atoms with Crippen molar-refractivity contribution in [3.8, 4) is 5.75 Å². The van der Waals surface area contributed by atoms with E-state index in [2.05, 4.69) is 4.74 Å². The van der Waals surface area contributed by atoms with Crippen LogP contribution in [0.15, 0.2) is 18.2 Å². The number of carbonyl (C=O) groups is 1. The first-order valence-electron chi connectivity index (χ1n) is 7.10. The minimum atomic E-state index is -2.00. The molecule has 0 radical (unpaired) electrons. The number of carbonyl (C=O) groups excluding carboxylic acids is 1. The highest BCUT2D eigenvalue weighted by atomic mass is 35.5. The number of phenolic OH excluding ortho intramolecular Hbond substituents is 1. The number of rotatable bonds is 7. The van der Waals surface area contributed by atoms with Gasteiger partial charge in [-0.3, -0.25) is 0 Å². The summed E-state index contributed by atoms with van der Waals surface area (Å²) in [6, 6.07) is 3.56. The van der Waals surface area contributed by atoms with Gasteiger partial charge in [0, 0.05) is 30.4 Å². The predicted octanol–water partition coefficient (Wildman–Crippen LogP) is 2.56. The smallest absolute Gasteiger partial charge is 0.342 e. The number of halogens is 2. The molecule has 3 N–H and O–H groups in total. The van der Waals surface area contributed by atoms with Crippen LogP contribution in [0.4, 0.5) is 10.1 Å². The molecule has 0 saturated carbocycles. The number of phenols is 1. The second-order valence-corrected chi connectivity index (χ2v) is 4.60. The van der Waals surface area contributed by atoms with E-state index in [0.717, 1.165) is 18.8 Å². The summed E-state index contributed by atoms with van der Waals surface area (Å²) < 4.78 is 18.5. The quantitative estimate of drug-likeness (QED) is 0.749. The Kier molecular flexibility index (Phi) is 8.82. The number of esters is 1. The molecule has 1 aromatic carbocycles. The number of hydrogen-bond acceptors (Lipinski definition) is 5. The van der Waals surface area contributed by atoms with Gasteiger partial charge in [-0.2, -0.15) is 0 Å². The van der Waals surface area contributed by atoms with E-state index in [1.54, 1.807) is 19.1 Å². The summed E-state index contributed by atoms with van der Waals surface area (Å²) in [4.78, 5) is 13.4. The Morgan fingerprint density at radius 3 is 2.41 bits per heavy atom. The lowest BCUT2D eigenvalue weighted by molar-refractivity contribution is -0.149. The topological polar surface area (TPSA) is 75.8 Å². The van der Waals surface area contributed by atoms with Crippen LogP contribution in [0, 0.1) is 0 Å². The Morgan fingerprint density at radius 2 is 1.95 bits per heavy atom. The number of aromatic hydroxyl groups is 1. The van der Waals surface area contributed by atoms with E-state index in [4.69, 9.17) is 5.73 Å². The van der Waals surface area contributed by atoms with E-state index < -0.39 is 18.2 Å². The average Bonchev–Trinajstić information content (AvgIpc) is 2.47. The number of anilines is 1. The fourth-order valence-electron chi connectivity index (χ4n) is 2.13. The Bertz CT molecular complexity index is 484. The van der Waals surface area contributed by atoms with Crippen LogP contribution in [0.3, 0.4) is 0 Å². The number of benzene rings is 1. The van der Waals surface area contributed by atoms with Crippen molar-refractivity contribution in [2.75, 3.05) is 24.6 Å². The second-order valence-electron chi connectivity index (χ2n) is 4.60. The Morgan fingerprint density at radius 1 is 1.36 bits per heavy atom. The predicted molar refractivity (Wildman–Crippen MR) is 87.4 cm³/mol. The monoisotopic (exact) mass is 334 g/mol. The Labute approximate surface area is 136 Å². The molecule has 0 bridgehead atoms. The zero-order valence-electron chi connectivity index (χ0n) is 13.1. The first-order chi connectivity index (χ1) is 9.96. The van der Waals surface area contributed by atoms with Gasteiger partial charge in [0.1, 0.15) is 5.75 Å². The van der Waals surface area contributed by atoms with Gasteiger partial charge in [-0.05, 0) is 26.8 Å². The van der Waals surface area contributed by atoms with Crippen molar-refractivity contribution in [1.82, 2.24) is 0 Å². The van der Waals surface area contributed by atoms with E-state index >= 15 is 0 Å². The third kappa shape index (κ3) is 4.74. The van der Waals surface area contributed by atoms with Crippen molar-refractivity contribution in [1.29, 1.82) is 0 Å². The van der Waals surface area contributed by atoms with E-state index in [-0.39, 0.29) is 30.3 Å². The molecule has 0 heterocycles. The summed E-state index contributed by atoms with van der Waals surface area (Å²) >= 11 is 0. The van der Waals surface area contributed by atoms with Gasteiger partial charge in [0.15, 0.2) is 0 Å². The Balaban J connectivity index is 0.00000441. The average molecular weight is 335 g/mol. The normalized spacial score (nSPS) is 13.0. The number of nitrogens with zero attached hydrogens (tertiary/aromatic N) is 1. The van der Waals surface area contributed by atoms with Crippen LogP contribution in [-0.4, -0.2) is 36.9 Å². The summed E-state index contributed by atoms with van der Waals surface area (Å²) in [6.07, 6.45) is -2.00. The van der Waals surface area contributed by atoms with Crippen molar-refractivity contribution < 1.29 is 19.0 Å². The summed E-state index contributed by atoms with van der Waals surface area (Å²) in [5.41, 5.74) is 6.72. The molecule has 1 aromatic rings. The highest BCUT2D eigenvalue weighted by Gasteiger charge is 2.29. The van der Waals surface area contributed by atoms with Gasteiger partial charge in [-0.25, -0.2) is 9.18 Å². The van der Waals surface area contributed by atoms with Crippen LogP contribution in [-0.2, 0) is 9.53 Å². The molecule has 0 saturated heterocycles. The Hall–Kier alpha value is -1.53. The van der Waals surface area contributed by atoms with Crippen molar-refractivity contribution in [2.24, 2.45) is 5.73 Å². The van der Waals surface area contributed by atoms with Crippen molar-refractivity contribution in [3.63, 3.8) is 0 Å². The lowest BCUT2D eigenvalue weighted by atomic mass is 10.0. The van der Waals surface area contributed by atoms with Gasteiger partial charge < -0.3 is 20.5 Å². The third-order valence-electron chi connectivity index (χ3n) is 3.33. The molecular weight excluding hydrogens is 311 g/mol. The molecule has 5 nitrogen and oxygen atoms in total. The fraction of sp³-hybridized carbons (Fsp3) is 0.533. The fourth-order valence-corrected chi connectivity index (χ4v) is 2.13. The molecule has 7 heteroatoms. The summed E-state index contributed by atoms with van der Waals surface area (Å²) in [5, 5.41) is 10.0. The highest BCUT2D eigenvalue weighted by Crippen LogP contribution is 2.30. The molecule has 2 atom stereocenters. The minimum absolute atomic E-state index is 0. The molecule has 0 amide bonds. The summed E-state index contributed by atoms with van der Waals surface area (Å²) in [6.45, 7) is 7.24. The van der Waals surface area contributed by atoms with E-state index in [1.165, 1.54) is 6.07 Å². The molecule has 0 fully saturated rings. The lowest BCUT2D eigenvalue weighted by Gasteiger charge is -2.23. The van der Waals surface area contributed by atoms with Crippen molar-refractivity contribution in [3.05, 3.63) is 23.8 Å². The van der Waals surface area contributed by atoms with Gasteiger partial charge in [0.2, 0.25) is 6.17 Å². The first kappa shape index (κ1) is 20.5. The van der Waals surface area contributed by atoms with Gasteiger partial charge in [-0.1, -0.05) is 6.07 Å². The van der Waals surface area contributed by atoms with Crippen molar-refractivity contribution in [2.45, 2.75) is 33.0 Å². The molecule has 0 aromatic heterocycles. The number of nitrogens with two attached hydrogens (primary N) is 1. The van der Waals surface area contributed by atoms with Crippen LogP contribution >= 0.6 is 12.4 Å². The summed E-state index contributed by atoms with van der Waals surface area (Å²) in [7, 11) is 0. The van der Waals surface area contributed by atoms with Gasteiger partial charge in [0.05, 0.1) is 12.6 Å². The van der Waals surface area contributed by atoms with Crippen LogP contribution in [0.2, 0.25) is 0 Å². The standard InChI is InChI=1S/C15H23FN2O3.ClH/c1-4-18(5-2)10-7-8-11(12(19)9-10)14(17)13(16)15(20)21-6-3;/h7-9,13-14,19H,4-6,17H2,1-3H3;1H/t13?,14-;/m1./s1. The zero-order valence-corrected chi connectivity index (χ0v) is 13.9. The van der Waals surface area contributed by atoms with Crippen LogP contribution < -0.4 is 10.6 Å². The van der Waals surface area contributed by atoms with Gasteiger partial charge >= 0.3 is 5.97 Å². The van der Waals surface area contributed by atoms with Gasteiger partial charge in [0.25, 0.3) is 0 Å². The molecule has 0 aliphatic carbocycles. The third-order valence-corrected chi connectivity index (χ3v) is 3.33. The number of hydrogen-bond donors (Lipinski definition) is 2. The number of alkyl halides is 1. The van der Waals surface area contributed by atoms with Crippen LogP contribution in [0.5, 0.6) is 5.75 Å². The van der Waals surface area contributed by atoms with E-state index in [9.17, 15) is 14.3 Å². The lowest BCUT2D eigenvalue weighted by Crippen LogP contribution is -2.31. The molecule has 0 aliphatic heterocycles. The largest absolute Gasteiger partial charge is 0.508 e. The summed E-state index contributed by atoms with van der Waals surface area (Å²) in [5.74, 6) is -1.14. The molecular formula is C15H24ClFN2O3. The SMILES string of the molecule is CCOC(=O)C(F)[C@H](N)c1ccc(N(CC)CC)cc1O.Cl. The molecule has 0 spiro atoms. The molecule has 126 valence electrons. The zero-order chi connectivity index (χ0) is 16.0. The molecule has 1 unspecified atom stereocenters. The van der Waals surface area contributed by atoms with Crippen LogP contribution in [0.25, 0.3) is 0 Å². The van der Waals surface area contributed by atoms with Gasteiger partial charge in [-0.15, -0.1) is 12.4 Å². The molecule has 22 heavy (non-hydrogen) atoms. The van der Waals surface area contributed by atoms with Crippen LogP contribution in [0.1, 0.15) is 32.4 Å². The number of ether oxygens (including phenoxy) is 1. The second kappa shape index (κ2) is 9.48. The van der Waals surface area contributed by atoms with E-state index in [1.807, 2.05) is 18.7 Å². The maximum absolute atomic E-state index is 13.9. The van der Waals surface area contributed by atoms with Crippen molar-refractivity contribution >= 4 is 24.1 Å².